The summed E-state index contributed by atoms with van der Waals surface area (Å²) in [6, 6.07) is 5.13. The number of nitrogen functional groups attached to an aromatic ring is 1. The molecule has 21 heavy (non-hydrogen) atoms. The Kier molecular flexibility index (Phi) is 3.47. The lowest BCUT2D eigenvalue weighted by Crippen LogP contribution is -2.38. The van der Waals surface area contributed by atoms with Gasteiger partial charge in [-0.05, 0) is 25.1 Å². The molecule has 0 atom stereocenters. The van der Waals surface area contributed by atoms with Crippen molar-refractivity contribution in [1.82, 2.24) is 19.7 Å². The molecule has 1 aromatic heterocycles. The monoisotopic (exact) mass is 287 g/mol. The standard InChI is InChI=1S/C14H17N5O2/c1-2-21-12-4-3-10(7-11(12)15)14(20)18-5-6-19-9-16-17-13(19)8-18/h3-4,7,9H,2,5-6,8,15H2,1H3. The third-order valence-corrected chi connectivity index (χ3v) is 3.48. The highest BCUT2D eigenvalue weighted by molar-refractivity contribution is 5.95. The predicted molar refractivity (Wildman–Crippen MR) is 76.8 cm³/mol. The number of benzene rings is 1. The third-order valence-electron chi connectivity index (χ3n) is 3.48. The molecule has 1 aliphatic heterocycles. The van der Waals surface area contributed by atoms with E-state index in [-0.39, 0.29) is 5.91 Å². The van der Waals surface area contributed by atoms with E-state index >= 15 is 0 Å². The van der Waals surface area contributed by atoms with Gasteiger partial charge in [0.2, 0.25) is 0 Å². The second kappa shape index (κ2) is 5.43. The molecule has 0 saturated carbocycles. The van der Waals surface area contributed by atoms with Crippen molar-refractivity contribution in [3.63, 3.8) is 0 Å². The number of aromatic nitrogens is 3. The lowest BCUT2D eigenvalue weighted by Gasteiger charge is -2.27. The molecule has 0 aliphatic carbocycles. The van der Waals surface area contributed by atoms with Crippen molar-refractivity contribution in [1.29, 1.82) is 0 Å². The first-order valence-electron chi connectivity index (χ1n) is 6.87. The van der Waals surface area contributed by atoms with Crippen LogP contribution in [0.15, 0.2) is 24.5 Å². The lowest BCUT2D eigenvalue weighted by atomic mass is 10.1. The van der Waals surface area contributed by atoms with Gasteiger partial charge >= 0.3 is 0 Å². The number of amides is 1. The van der Waals surface area contributed by atoms with E-state index in [1.54, 1.807) is 29.4 Å². The van der Waals surface area contributed by atoms with Crippen LogP contribution in [0.4, 0.5) is 5.69 Å². The average molecular weight is 287 g/mol. The molecule has 1 aromatic carbocycles. The van der Waals surface area contributed by atoms with Crippen molar-refractivity contribution in [3.05, 3.63) is 35.9 Å². The Morgan fingerprint density at radius 1 is 1.43 bits per heavy atom. The number of fused-ring (bicyclic) bond motifs is 1. The van der Waals surface area contributed by atoms with Gasteiger partial charge in [-0.3, -0.25) is 4.79 Å². The van der Waals surface area contributed by atoms with Crippen LogP contribution in [-0.2, 0) is 13.1 Å². The molecular weight excluding hydrogens is 270 g/mol. The first kappa shape index (κ1) is 13.4. The van der Waals surface area contributed by atoms with Crippen molar-refractivity contribution >= 4 is 11.6 Å². The Balaban J connectivity index is 1.78. The van der Waals surface area contributed by atoms with Crippen LogP contribution in [0.1, 0.15) is 23.1 Å². The first-order chi connectivity index (χ1) is 10.2. The highest BCUT2D eigenvalue weighted by Crippen LogP contribution is 2.24. The molecule has 0 saturated heterocycles. The predicted octanol–water partition coefficient (Wildman–Crippen LogP) is 0.915. The van der Waals surface area contributed by atoms with E-state index in [2.05, 4.69) is 10.2 Å². The Bertz CT molecular complexity index is 667. The zero-order valence-corrected chi connectivity index (χ0v) is 11.8. The molecule has 110 valence electrons. The minimum atomic E-state index is -0.0565. The summed E-state index contributed by atoms with van der Waals surface area (Å²) in [7, 11) is 0. The molecule has 0 bridgehead atoms. The topological polar surface area (TPSA) is 86.3 Å². The summed E-state index contributed by atoms with van der Waals surface area (Å²) in [6.07, 6.45) is 1.69. The summed E-state index contributed by atoms with van der Waals surface area (Å²) < 4.78 is 7.34. The second-order valence-electron chi connectivity index (χ2n) is 4.85. The summed E-state index contributed by atoms with van der Waals surface area (Å²) in [4.78, 5) is 14.3. The van der Waals surface area contributed by atoms with Crippen molar-refractivity contribution in [3.8, 4) is 5.75 Å². The fraction of sp³-hybridized carbons (Fsp3) is 0.357. The van der Waals surface area contributed by atoms with Crippen molar-refractivity contribution in [2.45, 2.75) is 20.0 Å². The molecular formula is C14H17N5O2. The zero-order chi connectivity index (χ0) is 14.8. The summed E-state index contributed by atoms with van der Waals surface area (Å²) >= 11 is 0. The van der Waals surface area contributed by atoms with Crippen LogP contribution in [0.2, 0.25) is 0 Å². The molecule has 2 N–H and O–H groups in total. The molecule has 3 rings (SSSR count). The van der Waals surface area contributed by atoms with Crippen LogP contribution in [0.3, 0.4) is 0 Å². The number of carbonyl (C=O) groups excluding carboxylic acids is 1. The zero-order valence-electron chi connectivity index (χ0n) is 11.8. The Hall–Kier alpha value is -2.57. The maximum Gasteiger partial charge on any atom is 0.254 e. The number of anilines is 1. The van der Waals surface area contributed by atoms with E-state index in [9.17, 15) is 4.79 Å². The fourth-order valence-electron chi connectivity index (χ4n) is 2.39. The van der Waals surface area contributed by atoms with Gasteiger partial charge in [-0.2, -0.15) is 0 Å². The minimum absolute atomic E-state index is 0.0565. The SMILES string of the molecule is CCOc1ccc(C(=O)N2CCn3cnnc3C2)cc1N. The van der Waals surface area contributed by atoms with E-state index in [0.717, 1.165) is 5.82 Å². The normalized spacial score (nSPS) is 13.9. The number of hydrogen-bond donors (Lipinski definition) is 1. The van der Waals surface area contributed by atoms with E-state index in [1.807, 2.05) is 11.5 Å². The van der Waals surface area contributed by atoms with Crippen LogP contribution < -0.4 is 10.5 Å². The van der Waals surface area contributed by atoms with Gasteiger partial charge in [0.1, 0.15) is 12.1 Å². The molecule has 2 heterocycles. The minimum Gasteiger partial charge on any atom is -0.492 e. The third kappa shape index (κ3) is 2.54. The largest absolute Gasteiger partial charge is 0.492 e. The summed E-state index contributed by atoms with van der Waals surface area (Å²) in [6.45, 7) is 4.24. The summed E-state index contributed by atoms with van der Waals surface area (Å²) in [5.41, 5.74) is 6.95. The maximum atomic E-state index is 12.5. The molecule has 1 aliphatic rings. The summed E-state index contributed by atoms with van der Waals surface area (Å²) in [5, 5.41) is 7.87. The number of ether oxygens (including phenoxy) is 1. The van der Waals surface area contributed by atoms with E-state index in [0.29, 0.717) is 43.2 Å². The van der Waals surface area contributed by atoms with Crippen LogP contribution in [0.5, 0.6) is 5.75 Å². The quantitative estimate of drug-likeness (QED) is 0.848. The lowest BCUT2D eigenvalue weighted by molar-refractivity contribution is 0.0707. The number of nitrogens with two attached hydrogens (primary N) is 1. The van der Waals surface area contributed by atoms with Gasteiger partial charge in [0, 0.05) is 18.7 Å². The van der Waals surface area contributed by atoms with Crippen LogP contribution in [0.25, 0.3) is 0 Å². The highest BCUT2D eigenvalue weighted by atomic mass is 16.5. The van der Waals surface area contributed by atoms with Crippen LogP contribution in [0, 0.1) is 0 Å². The van der Waals surface area contributed by atoms with Crippen molar-refractivity contribution in [2.75, 3.05) is 18.9 Å². The van der Waals surface area contributed by atoms with Crippen molar-refractivity contribution in [2.24, 2.45) is 0 Å². The molecule has 0 unspecified atom stereocenters. The van der Waals surface area contributed by atoms with Gasteiger partial charge in [-0.15, -0.1) is 10.2 Å². The Morgan fingerprint density at radius 3 is 3.05 bits per heavy atom. The van der Waals surface area contributed by atoms with Gasteiger partial charge in [-0.1, -0.05) is 0 Å². The number of carbonyl (C=O) groups is 1. The van der Waals surface area contributed by atoms with Gasteiger partial charge in [0.25, 0.3) is 5.91 Å². The van der Waals surface area contributed by atoms with Crippen LogP contribution >= 0.6 is 0 Å². The van der Waals surface area contributed by atoms with E-state index in [1.165, 1.54) is 0 Å². The Morgan fingerprint density at radius 2 is 2.29 bits per heavy atom. The average Bonchev–Trinajstić information content (AvgIpc) is 2.96. The van der Waals surface area contributed by atoms with Gasteiger partial charge in [0.05, 0.1) is 18.8 Å². The molecule has 7 nitrogen and oxygen atoms in total. The first-order valence-corrected chi connectivity index (χ1v) is 6.87. The van der Waals surface area contributed by atoms with E-state index < -0.39 is 0 Å². The van der Waals surface area contributed by atoms with Gasteiger partial charge in [0.15, 0.2) is 5.82 Å². The van der Waals surface area contributed by atoms with Gasteiger partial charge < -0.3 is 19.9 Å². The molecule has 0 fully saturated rings. The highest BCUT2D eigenvalue weighted by Gasteiger charge is 2.23. The van der Waals surface area contributed by atoms with E-state index in [4.69, 9.17) is 10.5 Å². The molecule has 0 spiro atoms. The Labute approximate surface area is 122 Å². The molecule has 1 amide bonds. The maximum absolute atomic E-state index is 12.5. The number of rotatable bonds is 3. The second-order valence-corrected chi connectivity index (χ2v) is 4.85. The summed E-state index contributed by atoms with van der Waals surface area (Å²) in [5.74, 6) is 1.35. The van der Waals surface area contributed by atoms with Crippen LogP contribution in [-0.4, -0.2) is 38.7 Å². The molecule has 0 radical (unpaired) electrons. The molecule has 2 aromatic rings. The fourth-order valence-corrected chi connectivity index (χ4v) is 2.39. The van der Waals surface area contributed by atoms with Gasteiger partial charge in [-0.25, -0.2) is 0 Å². The number of nitrogens with zero attached hydrogens (tertiary/aromatic N) is 4. The smallest absolute Gasteiger partial charge is 0.254 e. The molecule has 7 heteroatoms. The number of hydrogen-bond acceptors (Lipinski definition) is 5. The van der Waals surface area contributed by atoms with Crippen molar-refractivity contribution < 1.29 is 9.53 Å².